The summed E-state index contributed by atoms with van der Waals surface area (Å²) >= 11 is 0. The molecular formula is C20H24N6O. The highest BCUT2D eigenvalue weighted by atomic mass is 16.1. The molecule has 27 heavy (non-hydrogen) atoms. The van der Waals surface area contributed by atoms with Gasteiger partial charge in [-0.15, -0.1) is 0 Å². The van der Waals surface area contributed by atoms with Gasteiger partial charge < -0.3 is 4.90 Å². The molecular weight excluding hydrogens is 340 g/mol. The van der Waals surface area contributed by atoms with Crippen LogP contribution in [0.25, 0.3) is 10.9 Å². The maximum atomic E-state index is 12.6. The summed E-state index contributed by atoms with van der Waals surface area (Å²) in [5.74, 6) is 0. The Kier molecular flexibility index (Phi) is 4.85. The maximum Gasteiger partial charge on any atom is 0.261 e. The van der Waals surface area contributed by atoms with Crippen molar-refractivity contribution in [2.75, 3.05) is 31.1 Å². The second-order valence-electron chi connectivity index (χ2n) is 7.22. The summed E-state index contributed by atoms with van der Waals surface area (Å²) in [7, 11) is 0. The van der Waals surface area contributed by atoms with Crippen LogP contribution in [-0.2, 0) is 6.54 Å². The standard InChI is InChI=1S/C20H24N6O/c1-15(2)26-14-23-19-11-17(3-4-18(19)20(26)27)25-9-7-24(8-10-25)12-16-5-6-21-13-22-16/h3-6,11,13-15H,7-10,12H2,1-2H3. The molecule has 7 heteroatoms. The number of rotatable bonds is 4. The van der Waals surface area contributed by atoms with E-state index in [1.54, 1.807) is 23.4 Å². The summed E-state index contributed by atoms with van der Waals surface area (Å²) < 4.78 is 1.67. The van der Waals surface area contributed by atoms with E-state index in [9.17, 15) is 4.79 Å². The second kappa shape index (κ2) is 7.44. The van der Waals surface area contributed by atoms with Crippen LogP contribution in [0.2, 0.25) is 0 Å². The molecule has 1 aromatic carbocycles. The fourth-order valence-corrected chi connectivity index (χ4v) is 3.49. The van der Waals surface area contributed by atoms with E-state index in [-0.39, 0.29) is 11.6 Å². The third-order valence-corrected chi connectivity index (χ3v) is 5.09. The quantitative estimate of drug-likeness (QED) is 0.706. The molecule has 0 spiro atoms. The summed E-state index contributed by atoms with van der Waals surface area (Å²) in [5.41, 5.74) is 2.96. The Bertz CT molecular complexity index is 977. The molecule has 7 nitrogen and oxygen atoms in total. The van der Waals surface area contributed by atoms with E-state index in [1.807, 2.05) is 38.1 Å². The minimum Gasteiger partial charge on any atom is -0.369 e. The van der Waals surface area contributed by atoms with Gasteiger partial charge in [0.15, 0.2) is 0 Å². The van der Waals surface area contributed by atoms with Crippen molar-refractivity contribution in [3.8, 4) is 0 Å². The molecule has 0 saturated carbocycles. The van der Waals surface area contributed by atoms with Gasteiger partial charge in [-0.25, -0.2) is 15.0 Å². The van der Waals surface area contributed by atoms with Crippen molar-refractivity contribution in [3.05, 3.63) is 59.2 Å². The molecule has 0 N–H and O–H groups in total. The third-order valence-electron chi connectivity index (χ3n) is 5.09. The predicted molar refractivity (Wildman–Crippen MR) is 106 cm³/mol. The fourth-order valence-electron chi connectivity index (χ4n) is 3.49. The lowest BCUT2D eigenvalue weighted by atomic mass is 10.2. The van der Waals surface area contributed by atoms with Crippen LogP contribution in [0.1, 0.15) is 25.6 Å². The van der Waals surface area contributed by atoms with E-state index in [0.29, 0.717) is 5.39 Å². The van der Waals surface area contributed by atoms with Gasteiger partial charge in [-0.05, 0) is 38.1 Å². The van der Waals surface area contributed by atoms with Crippen molar-refractivity contribution in [1.29, 1.82) is 0 Å². The zero-order valence-electron chi connectivity index (χ0n) is 15.7. The largest absolute Gasteiger partial charge is 0.369 e. The van der Waals surface area contributed by atoms with Gasteiger partial charge >= 0.3 is 0 Å². The number of benzene rings is 1. The van der Waals surface area contributed by atoms with Crippen LogP contribution in [0.4, 0.5) is 5.69 Å². The van der Waals surface area contributed by atoms with Crippen LogP contribution in [0.15, 0.2) is 47.9 Å². The lowest BCUT2D eigenvalue weighted by Crippen LogP contribution is -2.46. The molecule has 1 aliphatic rings. The molecule has 0 bridgehead atoms. The lowest BCUT2D eigenvalue weighted by molar-refractivity contribution is 0.247. The highest BCUT2D eigenvalue weighted by Crippen LogP contribution is 2.21. The van der Waals surface area contributed by atoms with Crippen LogP contribution >= 0.6 is 0 Å². The van der Waals surface area contributed by atoms with Crippen molar-refractivity contribution in [3.63, 3.8) is 0 Å². The monoisotopic (exact) mass is 364 g/mol. The van der Waals surface area contributed by atoms with E-state index in [0.717, 1.165) is 49.6 Å². The van der Waals surface area contributed by atoms with Crippen LogP contribution in [-0.4, -0.2) is 50.6 Å². The third kappa shape index (κ3) is 3.68. The zero-order chi connectivity index (χ0) is 18.8. The first-order valence-electron chi connectivity index (χ1n) is 9.35. The summed E-state index contributed by atoms with van der Waals surface area (Å²) in [6.07, 6.45) is 5.04. The van der Waals surface area contributed by atoms with Crippen molar-refractivity contribution in [1.82, 2.24) is 24.4 Å². The Morgan fingerprint density at radius 3 is 2.59 bits per heavy atom. The van der Waals surface area contributed by atoms with Gasteiger partial charge in [0, 0.05) is 50.6 Å². The SMILES string of the molecule is CC(C)n1cnc2cc(N3CCN(Cc4ccncn4)CC3)ccc2c1=O. The molecule has 1 saturated heterocycles. The average molecular weight is 364 g/mol. The molecule has 2 aromatic heterocycles. The number of anilines is 1. The van der Waals surface area contributed by atoms with Gasteiger partial charge in [0.1, 0.15) is 6.33 Å². The number of aromatic nitrogens is 4. The van der Waals surface area contributed by atoms with Crippen LogP contribution in [0, 0.1) is 0 Å². The van der Waals surface area contributed by atoms with Crippen LogP contribution < -0.4 is 10.5 Å². The summed E-state index contributed by atoms with van der Waals surface area (Å²) in [6.45, 7) is 8.67. The molecule has 0 radical (unpaired) electrons. The molecule has 0 aliphatic carbocycles. The first-order chi connectivity index (χ1) is 13.1. The van der Waals surface area contributed by atoms with Crippen molar-refractivity contribution >= 4 is 16.6 Å². The summed E-state index contributed by atoms with van der Waals surface area (Å²) in [4.78, 5) is 30.1. The van der Waals surface area contributed by atoms with Crippen molar-refractivity contribution in [2.24, 2.45) is 0 Å². The molecule has 0 amide bonds. The average Bonchev–Trinajstić information content (AvgIpc) is 2.69. The Balaban J connectivity index is 1.47. The van der Waals surface area contributed by atoms with Gasteiger partial charge in [0.25, 0.3) is 5.56 Å². The van der Waals surface area contributed by atoms with Crippen LogP contribution in [0.3, 0.4) is 0 Å². The van der Waals surface area contributed by atoms with E-state index in [4.69, 9.17) is 0 Å². The van der Waals surface area contributed by atoms with Crippen molar-refractivity contribution in [2.45, 2.75) is 26.4 Å². The van der Waals surface area contributed by atoms with E-state index < -0.39 is 0 Å². The van der Waals surface area contributed by atoms with Crippen LogP contribution in [0.5, 0.6) is 0 Å². The topological polar surface area (TPSA) is 67.2 Å². The highest BCUT2D eigenvalue weighted by molar-refractivity contribution is 5.81. The number of piperazine rings is 1. The summed E-state index contributed by atoms with van der Waals surface area (Å²) in [6, 6.07) is 8.05. The van der Waals surface area contributed by atoms with E-state index in [1.165, 1.54) is 0 Å². The molecule has 4 rings (SSSR count). The van der Waals surface area contributed by atoms with Gasteiger partial charge in [-0.3, -0.25) is 14.3 Å². The Labute approximate surface area is 158 Å². The highest BCUT2D eigenvalue weighted by Gasteiger charge is 2.18. The minimum atomic E-state index is 0.0243. The molecule has 0 atom stereocenters. The molecule has 3 aromatic rings. The van der Waals surface area contributed by atoms with Gasteiger partial charge in [0.05, 0.1) is 22.9 Å². The Hall–Kier alpha value is -2.80. The second-order valence-corrected chi connectivity index (χ2v) is 7.22. The summed E-state index contributed by atoms with van der Waals surface area (Å²) in [5, 5.41) is 0.678. The number of nitrogens with zero attached hydrogens (tertiary/aromatic N) is 6. The Morgan fingerprint density at radius 1 is 1.07 bits per heavy atom. The number of hydrogen-bond acceptors (Lipinski definition) is 6. The molecule has 3 heterocycles. The van der Waals surface area contributed by atoms with Gasteiger partial charge in [-0.1, -0.05) is 0 Å². The molecule has 1 aliphatic heterocycles. The first-order valence-corrected chi connectivity index (χ1v) is 9.35. The van der Waals surface area contributed by atoms with Gasteiger partial charge in [0.2, 0.25) is 0 Å². The Morgan fingerprint density at radius 2 is 1.89 bits per heavy atom. The van der Waals surface area contributed by atoms with Gasteiger partial charge in [-0.2, -0.15) is 0 Å². The smallest absolute Gasteiger partial charge is 0.261 e. The molecule has 0 unspecified atom stereocenters. The zero-order valence-corrected chi connectivity index (χ0v) is 15.7. The number of hydrogen-bond donors (Lipinski definition) is 0. The lowest BCUT2D eigenvalue weighted by Gasteiger charge is -2.36. The fraction of sp³-hybridized carbons (Fsp3) is 0.400. The maximum absolute atomic E-state index is 12.6. The van der Waals surface area contributed by atoms with E-state index in [2.05, 4.69) is 24.8 Å². The minimum absolute atomic E-state index is 0.0243. The molecule has 140 valence electrons. The normalized spacial score (nSPS) is 15.6. The van der Waals surface area contributed by atoms with Crippen molar-refractivity contribution < 1.29 is 0 Å². The number of fused-ring (bicyclic) bond motifs is 1. The predicted octanol–water partition coefficient (Wildman–Crippen LogP) is 2.09. The van der Waals surface area contributed by atoms with E-state index >= 15 is 0 Å². The first kappa shape index (κ1) is 17.6. The molecule has 1 fully saturated rings.